The van der Waals surface area contributed by atoms with Gasteiger partial charge in [0, 0.05) is 17.1 Å². The Kier molecular flexibility index (Phi) is 3.66. The normalized spacial score (nSPS) is 12.4. The van der Waals surface area contributed by atoms with Crippen LogP contribution >= 0.6 is 11.3 Å². The summed E-state index contributed by atoms with van der Waals surface area (Å²) in [5.41, 5.74) is 1.37. The summed E-state index contributed by atoms with van der Waals surface area (Å²) in [5.74, 6) is 2.23. The summed E-state index contributed by atoms with van der Waals surface area (Å²) in [5, 5.41) is 5.10. The molecule has 3 heterocycles. The second-order valence-corrected chi connectivity index (χ2v) is 6.05. The van der Waals surface area contributed by atoms with Gasteiger partial charge in [0.2, 0.25) is 18.6 Å². The van der Waals surface area contributed by atoms with Gasteiger partial charge in [-0.15, -0.1) is 11.3 Å². The van der Waals surface area contributed by atoms with Crippen LogP contribution in [0.25, 0.3) is 11.5 Å². The molecule has 2 aromatic heterocycles. The fourth-order valence-electron chi connectivity index (χ4n) is 2.35. The molecule has 122 valence electrons. The molecule has 0 atom stereocenters. The van der Waals surface area contributed by atoms with E-state index < -0.39 is 0 Å². The molecule has 1 aliphatic rings. The largest absolute Gasteiger partial charge is 0.454 e. The van der Waals surface area contributed by atoms with E-state index in [9.17, 15) is 4.79 Å². The number of nitrogens with one attached hydrogen (secondary N) is 1. The van der Waals surface area contributed by atoms with E-state index in [1.54, 1.807) is 18.5 Å². The molecule has 3 aromatic rings. The summed E-state index contributed by atoms with van der Waals surface area (Å²) in [4.78, 5) is 20.5. The van der Waals surface area contributed by atoms with Gasteiger partial charge in [0.1, 0.15) is 5.76 Å². The number of carbonyl (C=O) groups excluding carboxylic acids is 1. The summed E-state index contributed by atoms with van der Waals surface area (Å²) in [7, 11) is 0. The highest BCUT2D eigenvalue weighted by atomic mass is 32.1. The third kappa shape index (κ3) is 2.83. The number of amides is 1. The number of ether oxygens (including phenoxy) is 2. The van der Waals surface area contributed by atoms with Crippen LogP contribution in [0.1, 0.15) is 11.5 Å². The molecule has 24 heavy (non-hydrogen) atoms. The lowest BCUT2D eigenvalue weighted by molar-refractivity contribution is -0.115. The Morgan fingerprint density at radius 3 is 3.04 bits per heavy atom. The molecule has 0 fully saturated rings. The van der Waals surface area contributed by atoms with Gasteiger partial charge in [-0.1, -0.05) is 0 Å². The Morgan fingerprint density at radius 1 is 1.33 bits per heavy atom. The van der Waals surface area contributed by atoms with Crippen molar-refractivity contribution in [1.82, 2.24) is 9.97 Å². The van der Waals surface area contributed by atoms with Crippen molar-refractivity contribution in [1.29, 1.82) is 0 Å². The van der Waals surface area contributed by atoms with E-state index in [0.717, 1.165) is 5.56 Å². The van der Waals surface area contributed by atoms with Crippen LogP contribution in [0, 0.1) is 6.92 Å². The Bertz CT molecular complexity index is 889. The van der Waals surface area contributed by atoms with Crippen LogP contribution in [0.15, 0.2) is 34.2 Å². The number of benzene rings is 1. The number of hydrogen-bond acceptors (Lipinski definition) is 7. The quantitative estimate of drug-likeness (QED) is 0.783. The topological polar surface area (TPSA) is 86.5 Å². The van der Waals surface area contributed by atoms with E-state index in [1.165, 1.54) is 11.3 Å². The minimum Gasteiger partial charge on any atom is -0.454 e. The van der Waals surface area contributed by atoms with Gasteiger partial charge < -0.3 is 19.2 Å². The maximum Gasteiger partial charge on any atom is 0.232 e. The molecule has 0 radical (unpaired) electrons. The van der Waals surface area contributed by atoms with Crippen molar-refractivity contribution >= 4 is 22.4 Å². The first kappa shape index (κ1) is 14.7. The van der Waals surface area contributed by atoms with E-state index in [4.69, 9.17) is 13.9 Å². The molecule has 0 saturated heterocycles. The molecule has 0 saturated carbocycles. The van der Waals surface area contributed by atoms with Crippen LogP contribution < -0.4 is 14.8 Å². The molecule has 1 aliphatic heterocycles. The lowest BCUT2D eigenvalue weighted by atomic mass is 10.2. The van der Waals surface area contributed by atoms with Gasteiger partial charge in [-0.25, -0.2) is 9.97 Å². The van der Waals surface area contributed by atoms with Gasteiger partial charge >= 0.3 is 0 Å². The molecule has 1 aromatic carbocycles. The third-order valence-electron chi connectivity index (χ3n) is 3.52. The number of aryl methyl sites for hydroxylation is 1. The molecule has 1 N–H and O–H groups in total. The van der Waals surface area contributed by atoms with Gasteiger partial charge in [0.05, 0.1) is 12.1 Å². The summed E-state index contributed by atoms with van der Waals surface area (Å²) in [6.45, 7) is 2.00. The van der Waals surface area contributed by atoms with E-state index >= 15 is 0 Å². The molecule has 0 bridgehead atoms. The SMILES string of the molecule is Cc1oc(-c2ccc3c(c2)OCO3)nc1CC(=O)Nc1nccs1. The molecule has 0 aliphatic carbocycles. The first-order valence-corrected chi connectivity index (χ1v) is 8.12. The molecule has 4 rings (SSSR count). The van der Waals surface area contributed by atoms with E-state index in [0.29, 0.717) is 34.0 Å². The van der Waals surface area contributed by atoms with Crippen LogP contribution in [-0.2, 0) is 11.2 Å². The Hall–Kier alpha value is -2.87. The average molecular weight is 343 g/mol. The first-order chi connectivity index (χ1) is 11.7. The second-order valence-electron chi connectivity index (χ2n) is 5.15. The van der Waals surface area contributed by atoms with Crippen LogP contribution in [0.3, 0.4) is 0 Å². The number of carbonyl (C=O) groups is 1. The Labute approximate surface area is 141 Å². The minimum atomic E-state index is -0.182. The first-order valence-electron chi connectivity index (χ1n) is 7.25. The zero-order valence-electron chi connectivity index (χ0n) is 12.7. The molecule has 0 spiro atoms. The smallest absolute Gasteiger partial charge is 0.232 e. The predicted molar refractivity (Wildman–Crippen MR) is 87.2 cm³/mol. The highest BCUT2D eigenvalue weighted by Crippen LogP contribution is 2.36. The highest BCUT2D eigenvalue weighted by Gasteiger charge is 2.18. The number of hydrogen-bond donors (Lipinski definition) is 1. The standard InChI is InChI=1S/C16H13N3O4S/c1-9-11(7-14(20)19-16-17-4-5-24-16)18-15(23-9)10-2-3-12-13(6-10)22-8-21-12/h2-6H,7-8H2,1H3,(H,17,19,20). The van der Waals surface area contributed by atoms with Crippen molar-refractivity contribution in [2.45, 2.75) is 13.3 Å². The summed E-state index contributed by atoms with van der Waals surface area (Å²) in [6, 6.07) is 5.47. The molecular weight excluding hydrogens is 330 g/mol. The molecule has 8 heteroatoms. The number of nitrogens with zero attached hydrogens (tertiary/aromatic N) is 2. The fraction of sp³-hybridized carbons (Fsp3) is 0.188. The van der Waals surface area contributed by atoms with E-state index in [-0.39, 0.29) is 19.1 Å². The maximum atomic E-state index is 12.1. The Balaban J connectivity index is 1.53. The van der Waals surface area contributed by atoms with Crippen molar-refractivity contribution in [2.24, 2.45) is 0 Å². The third-order valence-corrected chi connectivity index (χ3v) is 4.21. The Morgan fingerprint density at radius 2 is 2.21 bits per heavy atom. The van der Waals surface area contributed by atoms with Gasteiger partial charge in [-0.3, -0.25) is 4.79 Å². The molecule has 1 amide bonds. The van der Waals surface area contributed by atoms with Gasteiger partial charge in [-0.05, 0) is 25.1 Å². The molecule has 0 unspecified atom stereocenters. The predicted octanol–water partition coefficient (Wildman–Crippen LogP) is 3.02. The zero-order valence-corrected chi connectivity index (χ0v) is 13.6. The number of fused-ring (bicyclic) bond motifs is 1. The summed E-state index contributed by atoms with van der Waals surface area (Å²) < 4.78 is 16.3. The van der Waals surface area contributed by atoms with Crippen molar-refractivity contribution in [3.8, 4) is 23.0 Å². The number of thiazole rings is 1. The van der Waals surface area contributed by atoms with Crippen molar-refractivity contribution in [3.63, 3.8) is 0 Å². The van der Waals surface area contributed by atoms with Crippen molar-refractivity contribution in [2.75, 3.05) is 12.1 Å². The van der Waals surface area contributed by atoms with Gasteiger partial charge in [0.15, 0.2) is 16.6 Å². The van der Waals surface area contributed by atoms with E-state index in [2.05, 4.69) is 15.3 Å². The van der Waals surface area contributed by atoms with Crippen molar-refractivity contribution < 1.29 is 18.7 Å². The maximum absolute atomic E-state index is 12.1. The monoisotopic (exact) mass is 343 g/mol. The molecular formula is C16H13N3O4S. The van der Waals surface area contributed by atoms with Crippen LogP contribution in [0.2, 0.25) is 0 Å². The summed E-state index contributed by atoms with van der Waals surface area (Å²) >= 11 is 1.37. The molecule has 7 nitrogen and oxygen atoms in total. The lowest BCUT2D eigenvalue weighted by Gasteiger charge is -1.99. The van der Waals surface area contributed by atoms with Crippen LogP contribution in [0.4, 0.5) is 5.13 Å². The van der Waals surface area contributed by atoms with Crippen LogP contribution in [-0.4, -0.2) is 22.7 Å². The van der Waals surface area contributed by atoms with Crippen LogP contribution in [0.5, 0.6) is 11.5 Å². The van der Waals surface area contributed by atoms with E-state index in [1.807, 2.05) is 18.2 Å². The van der Waals surface area contributed by atoms with Crippen molar-refractivity contribution in [3.05, 3.63) is 41.2 Å². The van der Waals surface area contributed by atoms with Gasteiger partial charge in [0.25, 0.3) is 0 Å². The lowest BCUT2D eigenvalue weighted by Crippen LogP contribution is -2.14. The average Bonchev–Trinajstić information content (AvgIpc) is 3.28. The number of rotatable bonds is 4. The second kappa shape index (κ2) is 5.97. The number of aromatic nitrogens is 2. The number of oxazole rings is 1. The highest BCUT2D eigenvalue weighted by molar-refractivity contribution is 7.13. The number of anilines is 1. The fourth-order valence-corrected chi connectivity index (χ4v) is 2.89. The zero-order chi connectivity index (χ0) is 16.5. The minimum absolute atomic E-state index is 0.124. The van der Waals surface area contributed by atoms with Gasteiger partial charge in [-0.2, -0.15) is 0 Å². The summed E-state index contributed by atoms with van der Waals surface area (Å²) in [6.07, 6.45) is 1.76.